The van der Waals surface area contributed by atoms with Crippen molar-refractivity contribution in [1.82, 2.24) is 20.1 Å². The summed E-state index contributed by atoms with van der Waals surface area (Å²) in [5.74, 6) is 1.54. The molecule has 0 saturated carbocycles. The molecule has 3 rings (SSSR count). The molecule has 0 saturated heterocycles. The highest BCUT2D eigenvalue weighted by Gasteiger charge is 2.14. The van der Waals surface area contributed by atoms with Gasteiger partial charge in [-0.05, 0) is 36.8 Å². The Morgan fingerprint density at radius 3 is 2.70 bits per heavy atom. The van der Waals surface area contributed by atoms with E-state index in [9.17, 15) is 4.79 Å². The van der Waals surface area contributed by atoms with Crippen LogP contribution < -0.4 is 5.32 Å². The molecule has 0 spiro atoms. The third-order valence-corrected chi connectivity index (χ3v) is 3.70. The van der Waals surface area contributed by atoms with E-state index >= 15 is 0 Å². The SMILES string of the molecule is CC(=O)NC(C)Cc1nc(C)nn1-c1ccc2ccccc2c1. The molecule has 0 aliphatic carbocycles. The molecule has 3 aromatic rings. The number of hydrogen-bond acceptors (Lipinski definition) is 3. The highest BCUT2D eigenvalue weighted by Crippen LogP contribution is 2.19. The lowest BCUT2D eigenvalue weighted by molar-refractivity contribution is -0.119. The van der Waals surface area contributed by atoms with Crippen molar-refractivity contribution in [3.05, 3.63) is 54.1 Å². The zero-order chi connectivity index (χ0) is 16.4. The Kier molecular flexibility index (Phi) is 4.10. The first-order chi connectivity index (χ1) is 11.0. The minimum atomic E-state index is -0.0361. The molecular formula is C18H20N4O. The van der Waals surface area contributed by atoms with Crippen molar-refractivity contribution < 1.29 is 4.79 Å². The predicted octanol–water partition coefficient (Wildman–Crippen LogP) is 2.80. The Labute approximate surface area is 135 Å². The van der Waals surface area contributed by atoms with Gasteiger partial charge in [-0.2, -0.15) is 5.10 Å². The summed E-state index contributed by atoms with van der Waals surface area (Å²) in [6.07, 6.45) is 0.632. The largest absolute Gasteiger partial charge is 0.353 e. The van der Waals surface area contributed by atoms with Gasteiger partial charge in [0.1, 0.15) is 11.6 Å². The molecule has 0 fully saturated rings. The molecule has 1 unspecified atom stereocenters. The van der Waals surface area contributed by atoms with E-state index in [2.05, 4.69) is 39.7 Å². The third kappa shape index (κ3) is 3.39. The van der Waals surface area contributed by atoms with Crippen LogP contribution in [0.2, 0.25) is 0 Å². The molecule has 1 aromatic heterocycles. The summed E-state index contributed by atoms with van der Waals surface area (Å²) in [6, 6.07) is 14.5. The molecule has 1 N–H and O–H groups in total. The lowest BCUT2D eigenvalue weighted by atomic mass is 10.1. The van der Waals surface area contributed by atoms with Gasteiger partial charge in [0, 0.05) is 19.4 Å². The number of benzene rings is 2. The topological polar surface area (TPSA) is 59.8 Å². The zero-order valence-corrected chi connectivity index (χ0v) is 13.6. The van der Waals surface area contributed by atoms with Gasteiger partial charge >= 0.3 is 0 Å². The Morgan fingerprint density at radius 1 is 1.22 bits per heavy atom. The lowest BCUT2D eigenvalue weighted by Gasteiger charge is -2.13. The quantitative estimate of drug-likeness (QED) is 0.806. The number of aromatic nitrogens is 3. The van der Waals surface area contributed by atoms with Gasteiger partial charge in [-0.15, -0.1) is 0 Å². The van der Waals surface area contributed by atoms with E-state index in [4.69, 9.17) is 0 Å². The molecule has 23 heavy (non-hydrogen) atoms. The van der Waals surface area contributed by atoms with Crippen LogP contribution in [0.3, 0.4) is 0 Å². The van der Waals surface area contributed by atoms with Crippen LogP contribution in [0.5, 0.6) is 0 Å². The van der Waals surface area contributed by atoms with Crippen molar-refractivity contribution in [2.75, 3.05) is 0 Å². The summed E-state index contributed by atoms with van der Waals surface area (Å²) in [6.45, 7) is 5.37. The zero-order valence-electron chi connectivity index (χ0n) is 13.6. The van der Waals surface area contributed by atoms with Crippen LogP contribution in [-0.4, -0.2) is 26.7 Å². The van der Waals surface area contributed by atoms with Crippen molar-refractivity contribution >= 4 is 16.7 Å². The fourth-order valence-electron chi connectivity index (χ4n) is 2.78. The maximum atomic E-state index is 11.2. The summed E-state index contributed by atoms with van der Waals surface area (Å²) in [7, 11) is 0. The van der Waals surface area contributed by atoms with E-state index in [1.54, 1.807) is 0 Å². The van der Waals surface area contributed by atoms with E-state index in [-0.39, 0.29) is 11.9 Å². The fraction of sp³-hybridized carbons (Fsp3) is 0.278. The third-order valence-electron chi connectivity index (χ3n) is 3.70. The molecule has 0 aliphatic rings. The monoisotopic (exact) mass is 308 g/mol. The maximum Gasteiger partial charge on any atom is 0.217 e. The lowest BCUT2D eigenvalue weighted by Crippen LogP contribution is -2.32. The molecule has 5 heteroatoms. The number of amides is 1. The van der Waals surface area contributed by atoms with Crippen LogP contribution >= 0.6 is 0 Å². The second-order valence-corrected chi connectivity index (χ2v) is 5.82. The van der Waals surface area contributed by atoms with Gasteiger partial charge < -0.3 is 5.32 Å². The van der Waals surface area contributed by atoms with Crippen molar-refractivity contribution in [2.45, 2.75) is 33.2 Å². The van der Waals surface area contributed by atoms with Crippen LogP contribution in [0.4, 0.5) is 0 Å². The molecule has 2 aromatic carbocycles. The maximum absolute atomic E-state index is 11.2. The fourth-order valence-corrected chi connectivity index (χ4v) is 2.78. The van der Waals surface area contributed by atoms with Gasteiger partial charge in [0.05, 0.1) is 5.69 Å². The molecule has 1 amide bonds. The highest BCUT2D eigenvalue weighted by atomic mass is 16.1. The Bertz CT molecular complexity index is 853. The van der Waals surface area contributed by atoms with E-state index in [1.165, 1.54) is 17.7 Å². The summed E-state index contributed by atoms with van der Waals surface area (Å²) in [5, 5.41) is 9.76. The molecule has 1 heterocycles. The number of rotatable bonds is 4. The Hall–Kier alpha value is -2.69. The second-order valence-electron chi connectivity index (χ2n) is 5.82. The number of aryl methyl sites for hydroxylation is 1. The first-order valence-corrected chi connectivity index (χ1v) is 7.72. The normalized spacial score (nSPS) is 12.3. The summed E-state index contributed by atoms with van der Waals surface area (Å²) < 4.78 is 1.86. The van der Waals surface area contributed by atoms with Gasteiger partial charge in [0.15, 0.2) is 0 Å². The van der Waals surface area contributed by atoms with E-state index in [1.807, 2.05) is 36.7 Å². The highest BCUT2D eigenvalue weighted by molar-refractivity contribution is 5.84. The molecule has 1 atom stereocenters. The first-order valence-electron chi connectivity index (χ1n) is 7.72. The summed E-state index contributed by atoms with van der Waals surface area (Å²) in [4.78, 5) is 15.7. The van der Waals surface area contributed by atoms with Gasteiger partial charge in [0.25, 0.3) is 0 Å². The number of nitrogens with zero attached hydrogens (tertiary/aromatic N) is 3. The second kappa shape index (κ2) is 6.20. The summed E-state index contributed by atoms with van der Waals surface area (Å²) in [5.41, 5.74) is 0.981. The van der Waals surface area contributed by atoms with Crippen LogP contribution in [0, 0.1) is 6.92 Å². The minimum absolute atomic E-state index is 0.00954. The number of carbonyl (C=O) groups excluding carboxylic acids is 1. The molecule has 0 radical (unpaired) electrons. The van der Waals surface area contributed by atoms with E-state index in [0.717, 1.165) is 17.3 Å². The molecular weight excluding hydrogens is 288 g/mol. The molecule has 118 valence electrons. The van der Waals surface area contributed by atoms with E-state index in [0.29, 0.717) is 6.42 Å². The van der Waals surface area contributed by atoms with Crippen LogP contribution in [0.15, 0.2) is 42.5 Å². The molecule has 0 bridgehead atoms. The standard InChI is InChI=1S/C18H20N4O/c1-12(19-14(3)23)10-18-20-13(2)21-22(18)17-9-8-15-6-4-5-7-16(15)11-17/h4-9,11-12H,10H2,1-3H3,(H,19,23). The van der Waals surface area contributed by atoms with Crippen molar-refractivity contribution in [3.8, 4) is 5.69 Å². The first kappa shape index (κ1) is 15.2. The van der Waals surface area contributed by atoms with Gasteiger partial charge in [-0.3, -0.25) is 4.79 Å². The Balaban J connectivity index is 1.96. The average molecular weight is 308 g/mol. The van der Waals surface area contributed by atoms with Crippen LogP contribution in [-0.2, 0) is 11.2 Å². The van der Waals surface area contributed by atoms with Crippen molar-refractivity contribution in [1.29, 1.82) is 0 Å². The van der Waals surface area contributed by atoms with Gasteiger partial charge in [0.2, 0.25) is 5.91 Å². The van der Waals surface area contributed by atoms with Crippen LogP contribution in [0.25, 0.3) is 16.5 Å². The average Bonchev–Trinajstić information content (AvgIpc) is 2.86. The number of carbonyl (C=O) groups is 1. The number of fused-ring (bicyclic) bond motifs is 1. The van der Waals surface area contributed by atoms with Crippen LogP contribution in [0.1, 0.15) is 25.5 Å². The van der Waals surface area contributed by atoms with Gasteiger partial charge in [-0.1, -0.05) is 30.3 Å². The van der Waals surface area contributed by atoms with Crippen molar-refractivity contribution in [2.24, 2.45) is 0 Å². The minimum Gasteiger partial charge on any atom is -0.353 e. The van der Waals surface area contributed by atoms with Gasteiger partial charge in [-0.25, -0.2) is 9.67 Å². The smallest absolute Gasteiger partial charge is 0.217 e. The summed E-state index contributed by atoms with van der Waals surface area (Å²) >= 11 is 0. The van der Waals surface area contributed by atoms with E-state index < -0.39 is 0 Å². The molecule has 5 nitrogen and oxygen atoms in total. The van der Waals surface area contributed by atoms with Crippen molar-refractivity contribution in [3.63, 3.8) is 0 Å². The number of hydrogen-bond donors (Lipinski definition) is 1. The number of nitrogens with one attached hydrogen (secondary N) is 1. The predicted molar refractivity (Wildman–Crippen MR) is 90.6 cm³/mol. The Morgan fingerprint density at radius 2 is 1.96 bits per heavy atom. The molecule has 0 aliphatic heterocycles.